The number of ether oxygens (including phenoxy) is 7. The van der Waals surface area contributed by atoms with Crippen LogP contribution >= 0.6 is 15.6 Å². The van der Waals surface area contributed by atoms with E-state index in [2.05, 4.69) is 9.69 Å². The Morgan fingerprint density at radius 1 is 0.574 bits per heavy atom. The molecule has 0 bridgehead atoms. The summed E-state index contributed by atoms with van der Waals surface area (Å²) in [5.74, 6) is -0.391. The Balaban J connectivity index is 1.24. The Labute approximate surface area is 403 Å². The summed E-state index contributed by atoms with van der Waals surface area (Å²) >= 11 is 0. The topological polar surface area (TPSA) is 163 Å². The standard InChI is InChI=1S/C46H57B3N2O15P2/c1-50-19-21-61-67(52,63-30-33-27-58-43(47)23-40(33)56-5)66-42-25-45(49)59-28-34(42)31-64-68(53,62-22-20-51-2)65-41-24-44(48)57-26-32(41)29-60-46(35-9-7-6-8-10-35,36-11-15-38(54-3)16-12-36)37-13-17-39(55-4)18-14-37/h6-18,32-34,40-45H,19-31H2,3-5H3/t32-,33-,34-,40-,41-,42-,43-,44-,45-,67?,68?/m1/s1. The van der Waals surface area contributed by atoms with E-state index in [1.807, 2.05) is 78.9 Å². The molecule has 3 aliphatic rings. The van der Waals surface area contributed by atoms with Gasteiger partial charge in [0.2, 0.25) is 13.1 Å². The Morgan fingerprint density at radius 2 is 0.971 bits per heavy atom. The molecule has 0 amide bonds. The first kappa shape index (κ1) is 53.8. The van der Waals surface area contributed by atoms with Crippen molar-refractivity contribution in [2.45, 2.75) is 61.2 Å². The molecule has 2 unspecified atom stereocenters. The van der Waals surface area contributed by atoms with E-state index in [0.29, 0.717) is 17.9 Å². The summed E-state index contributed by atoms with van der Waals surface area (Å²) in [7, 11) is 14.3. The largest absolute Gasteiger partial charge is 0.497 e. The average Bonchev–Trinajstić information content (AvgIpc) is 3.35. The Kier molecular flexibility index (Phi) is 20.6. The molecule has 0 aliphatic carbocycles. The van der Waals surface area contributed by atoms with Crippen LogP contribution in [0.5, 0.6) is 11.5 Å². The molecule has 0 N–H and O–H groups in total. The van der Waals surface area contributed by atoms with Gasteiger partial charge in [-0.15, -0.1) is 0 Å². The van der Waals surface area contributed by atoms with Gasteiger partial charge in [0.05, 0.1) is 72.2 Å². The highest BCUT2D eigenvalue weighted by Crippen LogP contribution is 2.56. The second kappa shape index (κ2) is 26.1. The molecule has 3 saturated heterocycles. The number of phosphoric ester groups is 2. The van der Waals surface area contributed by atoms with Crippen molar-refractivity contribution in [1.29, 1.82) is 0 Å². The molecule has 11 atom stereocenters. The van der Waals surface area contributed by atoms with Crippen LogP contribution in [-0.4, -0.2) is 147 Å². The van der Waals surface area contributed by atoms with Crippen LogP contribution in [0.4, 0.5) is 0 Å². The van der Waals surface area contributed by atoms with E-state index in [4.69, 9.17) is 97.0 Å². The second-order valence-electron chi connectivity index (χ2n) is 16.4. The lowest BCUT2D eigenvalue weighted by molar-refractivity contribution is -0.105. The zero-order valence-electron chi connectivity index (χ0n) is 38.5. The van der Waals surface area contributed by atoms with Gasteiger partial charge in [-0.2, -0.15) is 0 Å². The van der Waals surface area contributed by atoms with Gasteiger partial charge in [0, 0.05) is 42.9 Å². The average molecular weight is 972 g/mol. The fourth-order valence-corrected chi connectivity index (χ4v) is 11.1. The van der Waals surface area contributed by atoms with Gasteiger partial charge >= 0.3 is 15.6 Å². The number of benzene rings is 3. The number of methoxy groups -OCH3 is 3. The smallest absolute Gasteiger partial charge is 0.475 e. The minimum absolute atomic E-state index is 0.00432. The minimum atomic E-state index is -4.55. The van der Waals surface area contributed by atoms with Crippen LogP contribution in [0.25, 0.3) is 9.69 Å². The summed E-state index contributed by atoms with van der Waals surface area (Å²) in [4.78, 5) is 6.63. The Morgan fingerprint density at radius 3 is 1.38 bits per heavy atom. The van der Waals surface area contributed by atoms with Crippen LogP contribution in [0.2, 0.25) is 0 Å². The van der Waals surface area contributed by atoms with Gasteiger partial charge in [0.1, 0.15) is 53.9 Å². The van der Waals surface area contributed by atoms with E-state index >= 15 is 0 Å². The van der Waals surface area contributed by atoms with Crippen molar-refractivity contribution in [3.8, 4) is 11.5 Å². The summed E-state index contributed by atoms with van der Waals surface area (Å²) in [6, 6.07) is 22.8. The normalized spacial score (nSPS) is 27.2. The van der Waals surface area contributed by atoms with Gasteiger partial charge < -0.3 is 42.8 Å². The van der Waals surface area contributed by atoms with Crippen LogP contribution in [-0.2, 0) is 65.6 Å². The van der Waals surface area contributed by atoms with Crippen molar-refractivity contribution in [2.75, 3.05) is 87.3 Å². The van der Waals surface area contributed by atoms with Crippen molar-refractivity contribution in [3.05, 3.63) is 118 Å². The van der Waals surface area contributed by atoms with E-state index in [9.17, 15) is 9.13 Å². The molecule has 68 heavy (non-hydrogen) atoms. The SMILES string of the molecule is [B][C@H]1C[C@@H](OC)[C@@H](COP(=O)(OCC[N+]#[C-])O[C@@H]2C[C@H]([B])OC[C@@H]2COP(=O)(OCC[N+]#[C-])O[C@@H]2C[C@H]([B])OC[C@@H]2COC(c2ccccc2)(c2ccc(OC)cc2)c2ccc(OC)cc2)CO1. The van der Waals surface area contributed by atoms with Gasteiger partial charge in [0.15, 0.2) is 0 Å². The second-order valence-corrected chi connectivity index (χ2v) is 19.6. The molecule has 3 heterocycles. The molecule has 6 radical (unpaired) electrons. The van der Waals surface area contributed by atoms with E-state index in [-0.39, 0.29) is 90.8 Å². The first-order chi connectivity index (χ1) is 32.9. The van der Waals surface area contributed by atoms with Crippen molar-refractivity contribution in [3.63, 3.8) is 0 Å². The van der Waals surface area contributed by atoms with Crippen LogP contribution in [0.15, 0.2) is 78.9 Å². The van der Waals surface area contributed by atoms with Crippen molar-refractivity contribution in [2.24, 2.45) is 17.8 Å². The number of rotatable bonds is 25. The first-order valence-corrected chi connectivity index (χ1v) is 25.2. The quantitative estimate of drug-likeness (QED) is 0.0297. The third-order valence-electron chi connectivity index (χ3n) is 11.9. The molecular formula is C46H57B3N2O15P2. The fraction of sp³-hybridized carbons (Fsp3) is 0.565. The monoisotopic (exact) mass is 972 g/mol. The number of hydrogen-bond donors (Lipinski definition) is 0. The van der Waals surface area contributed by atoms with E-state index in [0.717, 1.165) is 16.7 Å². The van der Waals surface area contributed by atoms with Crippen molar-refractivity contribution in [1.82, 2.24) is 0 Å². The predicted octanol–water partition coefficient (Wildman–Crippen LogP) is 6.51. The molecule has 3 aromatic carbocycles. The summed E-state index contributed by atoms with van der Waals surface area (Å²) in [6.07, 6.45) is -1.76. The summed E-state index contributed by atoms with van der Waals surface area (Å²) in [5.41, 5.74) is 1.21. The Bertz CT molecular complexity index is 2140. The zero-order valence-corrected chi connectivity index (χ0v) is 40.3. The predicted molar refractivity (Wildman–Crippen MR) is 252 cm³/mol. The molecular weight excluding hydrogens is 915 g/mol. The summed E-state index contributed by atoms with van der Waals surface area (Å²) in [5, 5.41) is 0. The summed E-state index contributed by atoms with van der Waals surface area (Å²) < 4.78 is 106. The van der Waals surface area contributed by atoms with Gasteiger partial charge in [-0.05, 0) is 60.2 Å². The van der Waals surface area contributed by atoms with Gasteiger partial charge in [-0.1, -0.05) is 54.6 Å². The van der Waals surface area contributed by atoms with Crippen molar-refractivity contribution < 1.29 is 69.4 Å². The number of nitrogens with zero attached hydrogens (tertiary/aromatic N) is 2. The third-order valence-corrected chi connectivity index (χ3v) is 14.8. The van der Waals surface area contributed by atoms with Gasteiger partial charge in [0.25, 0.3) is 0 Å². The maximum absolute atomic E-state index is 14.8. The third kappa shape index (κ3) is 14.5. The van der Waals surface area contributed by atoms with E-state index in [1.165, 1.54) is 7.11 Å². The lowest BCUT2D eigenvalue weighted by Crippen LogP contribution is -2.44. The molecule has 6 rings (SSSR count). The fourth-order valence-electron chi connectivity index (χ4n) is 8.15. The molecule has 0 saturated carbocycles. The molecule has 22 heteroatoms. The lowest BCUT2D eigenvalue weighted by Gasteiger charge is -2.41. The molecule has 360 valence electrons. The van der Waals surface area contributed by atoms with Crippen molar-refractivity contribution >= 4 is 39.2 Å². The Hall–Kier alpha value is -3.55. The first-order valence-electron chi connectivity index (χ1n) is 22.3. The lowest BCUT2D eigenvalue weighted by atomic mass is 9.79. The number of hydrogen-bond acceptors (Lipinski definition) is 15. The minimum Gasteiger partial charge on any atom is -0.497 e. The van der Waals surface area contributed by atoms with E-state index in [1.54, 1.807) is 14.2 Å². The molecule has 17 nitrogen and oxygen atoms in total. The van der Waals surface area contributed by atoms with Crippen LogP contribution in [0, 0.1) is 30.9 Å². The molecule has 0 aromatic heterocycles. The maximum Gasteiger partial charge on any atom is 0.475 e. The van der Waals surface area contributed by atoms with Gasteiger partial charge in [-0.25, -0.2) is 22.3 Å². The summed E-state index contributed by atoms with van der Waals surface area (Å²) in [6.45, 7) is 13.4. The highest BCUT2D eigenvalue weighted by molar-refractivity contribution is 7.48. The zero-order chi connectivity index (χ0) is 48.6. The highest BCUT2D eigenvalue weighted by atomic mass is 31.2. The van der Waals surface area contributed by atoms with Gasteiger partial charge in [-0.3, -0.25) is 27.1 Å². The molecule has 3 fully saturated rings. The van der Waals surface area contributed by atoms with Crippen LogP contribution in [0.3, 0.4) is 0 Å². The highest BCUT2D eigenvalue weighted by Gasteiger charge is 2.45. The van der Waals surface area contributed by atoms with Crippen LogP contribution < -0.4 is 9.47 Å². The van der Waals surface area contributed by atoms with E-state index < -0.39 is 63.3 Å². The maximum atomic E-state index is 14.8. The molecule has 0 spiro atoms. The molecule has 3 aromatic rings. The van der Waals surface area contributed by atoms with Crippen LogP contribution in [0.1, 0.15) is 36.0 Å². The molecule has 3 aliphatic heterocycles. The number of phosphoric acid groups is 2.